The Hall–Kier alpha value is -11.8. The molecular formula is C69H63N9O9. The summed E-state index contributed by atoms with van der Waals surface area (Å²) in [6.07, 6.45) is 3.33. The number of benzene rings is 7. The van der Waals surface area contributed by atoms with Crippen molar-refractivity contribution in [1.29, 1.82) is 0 Å². The molecule has 0 atom stereocenters. The van der Waals surface area contributed by atoms with Gasteiger partial charge in [-0.15, -0.1) is 0 Å². The van der Waals surface area contributed by atoms with Crippen LogP contribution >= 0.6 is 0 Å². The molecule has 11 N–H and O–H groups in total. The molecule has 0 fully saturated rings. The quantitative estimate of drug-likeness (QED) is 0.0769. The Labute approximate surface area is 499 Å². The second kappa shape index (κ2) is 28.5. The molecule has 87 heavy (non-hydrogen) atoms. The standard InChI is InChI=1S/C11H11NO.C10H10N2O.C10H9NO2.2C10H9NO.C9H8N2O.C9H7NO2/c1-7-6-8(2)12-11-9(7)4-3-5-10(11)13;1-11-9-6-5-7-3-2-4-8(13)10(7)12-9;1-13-8-5-7-3-2-4-11-10(7)9(12)6-8;1-7-4-5-8-3-2-6-11-9(8)10(7)12;1-7-5-6-8-3-2-4-9(12)10(8)11-7;10-8-5-4-6-2-1-3-7(12)9(6)11-8;11-7-3-1-2-6-4-5-8(12)10-9(6)7/h3-6,13H,1-2H3;2-6,13H,1H3,(H,11,12);2-6,12H,1H3;2*2-6,12H,1H3;1-5,12H,(H2,10,11);1-5,11H,(H,10,12). The Morgan fingerprint density at radius 1 is 0.425 bits per heavy atom. The molecule has 0 aliphatic carbocycles. The van der Waals surface area contributed by atoms with Crippen LogP contribution in [0.15, 0.2) is 211 Å². The number of aromatic amines is 1. The maximum Gasteiger partial charge on any atom is 0.248 e. The molecule has 0 radical (unpaired) electrons. The van der Waals surface area contributed by atoms with E-state index in [-0.39, 0.29) is 45.8 Å². The first-order valence-electron chi connectivity index (χ1n) is 27.1. The van der Waals surface area contributed by atoms with Gasteiger partial charge >= 0.3 is 0 Å². The van der Waals surface area contributed by atoms with Crippen LogP contribution in [-0.2, 0) is 0 Å². The molecule has 14 rings (SSSR count). The molecule has 7 aromatic carbocycles. The average molecular weight is 1160 g/mol. The normalized spacial score (nSPS) is 10.4. The summed E-state index contributed by atoms with van der Waals surface area (Å²) >= 11 is 0. The number of methoxy groups -OCH3 is 1. The summed E-state index contributed by atoms with van der Waals surface area (Å²) in [6, 6.07) is 57.6. The van der Waals surface area contributed by atoms with Crippen molar-refractivity contribution in [2.24, 2.45) is 0 Å². The van der Waals surface area contributed by atoms with E-state index in [1.807, 2.05) is 149 Å². The number of nitrogens with two attached hydrogens (primary N) is 1. The van der Waals surface area contributed by atoms with E-state index in [0.29, 0.717) is 50.2 Å². The molecule has 18 nitrogen and oxygen atoms in total. The molecule has 7 heterocycles. The summed E-state index contributed by atoms with van der Waals surface area (Å²) in [7, 11) is 3.37. The largest absolute Gasteiger partial charge is 0.506 e. The number of ether oxygens (including phenoxy) is 1. The molecule has 0 unspecified atom stereocenters. The molecule has 0 aliphatic rings. The van der Waals surface area contributed by atoms with E-state index in [0.717, 1.165) is 66.0 Å². The zero-order valence-corrected chi connectivity index (χ0v) is 48.3. The van der Waals surface area contributed by atoms with Gasteiger partial charge < -0.3 is 56.5 Å². The number of hydrogen-bond acceptors (Lipinski definition) is 17. The van der Waals surface area contributed by atoms with Crippen molar-refractivity contribution in [3.8, 4) is 46.0 Å². The molecule has 14 aromatic rings. The Balaban J connectivity index is 0.000000132. The summed E-state index contributed by atoms with van der Waals surface area (Å²) < 4.78 is 5.02. The van der Waals surface area contributed by atoms with Crippen LogP contribution in [0.4, 0.5) is 11.6 Å². The predicted octanol–water partition coefficient (Wildman–Crippen LogP) is 13.7. The van der Waals surface area contributed by atoms with Crippen molar-refractivity contribution in [3.63, 3.8) is 0 Å². The highest BCUT2D eigenvalue weighted by Crippen LogP contribution is 2.30. The van der Waals surface area contributed by atoms with Crippen molar-refractivity contribution >= 4 is 88.0 Å². The number of nitrogen functional groups attached to an aromatic ring is 1. The van der Waals surface area contributed by atoms with Gasteiger partial charge in [0.2, 0.25) is 5.56 Å². The first-order valence-corrected chi connectivity index (χ1v) is 27.1. The molecule has 0 saturated heterocycles. The lowest BCUT2D eigenvalue weighted by atomic mass is 10.1. The van der Waals surface area contributed by atoms with Crippen LogP contribution in [-0.4, -0.2) is 84.8 Å². The first-order chi connectivity index (χ1) is 41.9. The number of nitrogens with one attached hydrogen (secondary N) is 2. The number of para-hydroxylation sites is 5. The third kappa shape index (κ3) is 15.7. The number of aromatic nitrogens is 7. The van der Waals surface area contributed by atoms with Gasteiger partial charge in [-0.2, -0.15) is 0 Å². The third-order valence-corrected chi connectivity index (χ3v) is 13.2. The van der Waals surface area contributed by atoms with Gasteiger partial charge in [0.25, 0.3) is 0 Å². The van der Waals surface area contributed by atoms with Crippen molar-refractivity contribution in [2.45, 2.75) is 27.7 Å². The number of phenolic OH excluding ortho intramolecular Hbond substituents is 7. The van der Waals surface area contributed by atoms with Crippen molar-refractivity contribution in [3.05, 3.63) is 239 Å². The van der Waals surface area contributed by atoms with Gasteiger partial charge in [-0.25, -0.2) is 19.9 Å². The monoisotopic (exact) mass is 1160 g/mol. The van der Waals surface area contributed by atoms with Crippen LogP contribution in [0.1, 0.15) is 22.5 Å². The number of fused-ring (bicyclic) bond motifs is 7. The van der Waals surface area contributed by atoms with Crippen molar-refractivity contribution in [1.82, 2.24) is 34.9 Å². The molecule has 18 heteroatoms. The maximum atomic E-state index is 10.9. The molecule has 0 spiro atoms. The van der Waals surface area contributed by atoms with Crippen molar-refractivity contribution < 1.29 is 40.5 Å². The number of phenols is 7. The van der Waals surface area contributed by atoms with Gasteiger partial charge in [-0.3, -0.25) is 14.8 Å². The van der Waals surface area contributed by atoms with Crippen LogP contribution < -0.4 is 21.3 Å². The summed E-state index contributed by atoms with van der Waals surface area (Å²) in [5, 5.41) is 75.8. The number of nitrogens with zero attached hydrogens (tertiary/aromatic N) is 6. The summed E-state index contributed by atoms with van der Waals surface area (Å²) in [4.78, 5) is 38.3. The fourth-order valence-electron chi connectivity index (χ4n) is 8.87. The first kappa shape index (κ1) is 61.3. The van der Waals surface area contributed by atoms with Crippen LogP contribution in [0.3, 0.4) is 0 Å². The Kier molecular flexibility index (Phi) is 20.1. The van der Waals surface area contributed by atoms with E-state index < -0.39 is 0 Å². The van der Waals surface area contributed by atoms with Gasteiger partial charge in [-0.1, -0.05) is 91.0 Å². The number of anilines is 2. The smallest absolute Gasteiger partial charge is 0.248 e. The zero-order chi connectivity index (χ0) is 62.1. The third-order valence-electron chi connectivity index (χ3n) is 13.2. The molecular weight excluding hydrogens is 1100 g/mol. The minimum atomic E-state index is -0.205. The van der Waals surface area contributed by atoms with Gasteiger partial charge in [0.05, 0.1) is 12.6 Å². The summed E-state index contributed by atoms with van der Waals surface area (Å²) in [5.74, 6) is 3.24. The predicted molar refractivity (Wildman–Crippen MR) is 346 cm³/mol. The molecule has 0 saturated carbocycles. The second-order valence-corrected chi connectivity index (χ2v) is 19.5. The number of aryl methyl sites for hydroxylation is 4. The highest BCUT2D eigenvalue weighted by atomic mass is 16.5. The van der Waals surface area contributed by atoms with Gasteiger partial charge in [0.15, 0.2) is 0 Å². The number of rotatable bonds is 2. The lowest BCUT2D eigenvalue weighted by Gasteiger charge is -2.04. The molecule has 7 aromatic heterocycles. The number of aromatic hydroxyl groups is 7. The minimum absolute atomic E-state index is 0.102. The number of H-pyrrole nitrogens is 1. The van der Waals surface area contributed by atoms with Crippen LogP contribution in [0.2, 0.25) is 0 Å². The second-order valence-electron chi connectivity index (χ2n) is 19.5. The number of pyridine rings is 7. The summed E-state index contributed by atoms with van der Waals surface area (Å²) in [5.41, 5.74) is 13.5. The molecule has 438 valence electrons. The Bertz CT molecular complexity index is 4670. The average Bonchev–Trinajstić information content (AvgIpc) is 3.64. The highest BCUT2D eigenvalue weighted by molar-refractivity contribution is 5.90. The SMILES string of the molecule is CNc1ccc2cccc(O)c2n1.COc1cc(O)c2ncccc2c1.Cc1cc(C)c2cccc(O)c2n1.Cc1ccc2cccc(O)c2n1.Cc1ccc2cccnc2c1O.Nc1ccc2cccc(O)c2n1.O=c1ccc2cccc(O)c2[nH]1. The highest BCUT2D eigenvalue weighted by Gasteiger charge is 2.07. The number of hydrogen-bond donors (Lipinski definition) is 10. The molecule has 0 aliphatic heterocycles. The summed E-state index contributed by atoms with van der Waals surface area (Å²) in [6.45, 7) is 7.73. The van der Waals surface area contributed by atoms with E-state index in [1.54, 1.807) is 87.2 Å². The topological polar surface area (TPSA) is 299 Å². The van der Waals surface area contributed by atoms with Gasteiger partial charge in [-0.05, 0) is 130 Å². The van der Waals surface area contributed by atoms with E-state index in [4.69, 9.17) is 10.5 Å². The Morgan fingerprint density at radius 2 is 0.920 bits per heavy atom. The lowest BCUT2D eigenvalue weighted by molar-refractivity contribution is 0.409. The van der Waals surface area contributed by atoms with Crippen LogP contribution in [0, 0.1) is 27.7 Å². The van der Waals surface area contributed by atoms with Gasteiger partial charge in [0, 0.05) is 80.7 Å². The van der Waals surface area contributed by atoms with E-state index >= 15 is 0 Å². The van der Waals surface area contributed by atoms with E-state index in [1.165, 1.54) is 12.1 Å². The van der Waals surface area contributed by atoms with Crippen LogP contribution in [0.5, 0.6) is 46.0 Å². The Morgan fingerprint density at radius 3 is 1.56 bits per heavy atom. The fourth-order valence-corrected chi connectivity index (χ4v) is 8.87. The van der Waals surface area contributed by atoms with Crippen molar-refractivity contribution in [2.75, 3.05) is 25.2 Å². The van der Waals surface area contributed by atoms with Gasteiger partial charge in [0.1, 0.15) is 90.7 Å². The lowest BCUT2D eigenvalue weighted by Crippen LogP contribution is -2.01. The molecule has 0 bridgehead atoms. The zero-order valence-electron chi connectivity index (χ0n) is 48.3. The maximum absolute atomic E-state index is 10.9. The van der Waals surface area contributed by atoms with Crippen LogP contribution in [0.25, 0.3) is 76.3 Å². The minimum Gasteiger partial charge on any atom is -0.506 e. The fraction of sp³-hybridized carbons (Fsp3) is 0.0870. The van der Waals surface area contributed by atoms with E-state index in [9.17, 15) is 40.5 Å². The molecule has 0 amide bonds. The van der Waals surface area contributed by atoms with E-state index in [2.05, 4.69) is 40.2 Å².